The van der Waals surface area contributed by atoms with E-state index in [0.29, 0.717) is 6.54 Å². The second-order valence-electron chi connectivity index (χ2n) is 2.60. The van der Waals surface area contributed by atoms with Gasteiger partial charge in [0, 0.05) is 11.1 Å². The summed E-state index contributed by atoms with van der Waals surface area (Å²) in [6, 6.07) is 0. The molecule has 0 aliphatic heterocycles. The van der Waals surface area contributed by atoms with Gasteiger partial charge in [-0.2, -0.15) is 0 Å². The van der Waals surface area contributed by atoms with Gasteiger partial charge in [-0.25, -0.2) is 0 Å². The number of rotatable bonds is 2. The van der Waals surface area contributed by atoms with Gasteiger partial charge in [-0.15, -0.1) is 0 Å². The van der Waals surface area contributed by atoms with Crippen LogP contribution in [0.4, 0.5) is 0 Å². The van der Waals surface area contributed by atoms with Crippen molar-refractivity contribution in [2.24, 2.45) is 0 Å². The van der Waals surface area contributed by atoms with Gasteiger partial charge < -0.3 is 9.67 Å². The van der Waals surface area contributed by atoms with Crippen LogP contribution in [0.1, 0.15) is 12.6 Å². The van der Waals surface area contributed by atoms with Gasteiger partial charge in [0.1, 0.15) is 0 Å². The normalized spacial score (nSPS) is 13.4. The second kappa shape index (κ2) is 3.19. The van der Waals surface area contributed by atoms with Crippen molar-refractivity contribution in [3.8, 4) is 0 Å². The van der Waals surface area contributed by atoms with Gasteiger partial charge in [0.05, 0.1) is 12.6 Å². The molecule has 0 saturated carbocycles. The van der Waals surface area contributed by atoms with Crippen molar-refractivity contribution >= 4 is 11.3 Å². The number of aliphatic hydroxyl groups excluding tert-OH is 1. The highest BCUT2D eigenvalue weighted by Crippen LogP contribution is 2.00. The lowest BCUT2D eigenvalue weighted by molar-refractivity contribution is 0.172. The number of thiazole rings is 1. The Kier molecular flexibility index (Phi) is 2.46. The largest absolute Gasteiger partial charge is 0.392 e. The third-order valence-electron chi connectivity index (χ3n) is 1.42. The Balaban J connectivity index is 2.92. The molecule has 0 aliphatic carbocycles. The van der Waals surface area contributed by atoms with Gasteiger partial charge >= 0.3 is 4.87 Å². The number of nitrogens with zero attached hydrogens (tertiary/aromatic N) is 1. The summed E-state index contributed by atoms with van der Waals surface area (Å²) in [5.41, 5.74) is 0.918. The SMILES string of the molecule is Cc1csc(=O)n1CC(C)O. The summed E-state index contributed by atoms with van der Waals surface area (Å²) in [4.78, 5) is 11.0. The molecule has 1 rings (SSSR count). The van der Waals surface area contributed by atoms with Crippen molar-refractivity contribution in [1.82, 2.24) is 4.57 Å². The number of hydrogen-bond donors (Lipinski definition) is 1. The molecule has 0 spiro atoms. The summed E-state index contributed by atoms with van der Waals surface area (Å²) >= 11 is 1.17. The quantitative estimate of drug-likeness (QED) is 0.711. The molecule has 62 valence electrons. The molecule has 0 amide bonds. The molecule has 3 nitrogen and oxygen atoms in total. The van der Waals surface area contributed by atoms with Gasteiger partial charge in [0.2, 0.25) is 0 Å². The minimum Gasteiger partial charge on any atom is -0.392 e. The Bertz CT molecular complexity index is 287. The highest BCUT2D eigenvalue weighted by molar-refractivity contribution is 7.07. The van der Waals surface area contributed by atoms with E-state index in [4.69, 9.17) is 5.11 Å². The van der Waals surface area contributed by atoms with Gasteiger partial charge in [-0.05, 0) is 13.8 Å². The molecule has 1 N–H and O–H groups in total. The van der Waals surface area contributed by atoms with Gasteiger partial charge in [0.25, 0.3) is 0 Å². The Morgan fingerprint density at radius 3 is 2.82 bits per heavy atom. The third-order valence-corrected chi connectivity index (χ3v) is 2.30. The van der Waals surface area contributed by atoms with E-state index in [1.807, 2.05) is 6.92 Å². The zero-order chi connectivity index (χ0) is 8.43. The summed E-state index contributed by atoms with van der Waals surface area (Å²) in [6.45, 7) is 3.93. The van der Waals surface area contributed by atoms with Gasteiger partial charge in [-0.1, -0.05) is 11.3 Å². The average molecular weight is 173 g/mol. The van der Waals surface area contributed by atoms with Crippen LogP contribution < -0.4 is 4.87 Å². The first-order valence-electron chi connectivity index (χ1n) is 3.44. The molecule has 0 aromatic carbocycles. The number of aryl methyl sites for hydroxylation is 1. The van der Waals surface area contributed by atoms with E-state index in [1.54, 1.807) is 16.9 Å². The molecular weight excluding hydrogens is 162 g/mol. The topological polar surface area (TPSA) is 42.2 Å². The predicted octanol–water partition coefficient (Wildman–Crippen LogP) is 0.599. The van der Waals surface area contributed by atoms with Crippen LogP contribution in [-0.4, -0.2) is 15.8 Å². The first-order valence-corrected chi connectivity index (χ1v) is 4.32. The van der Waals surface area contributed by atoms with Crippen molar-refractivity contribution < 1.29 is 5.11 Å². The van der Waals surface area contributed by atoms with Crippen LogP contribution in [0.15, 0.2) is 10.2 Å². The average Bonchev–Trinajstić information content (AvgIpc) is 2.18. The molecule has 0 radical (unpaired) electrons. The summed E-state index contributed by atoms with van der Waals surface area (Å²) in [5.74, 6) is 0. The van der Waals surface area contributed by atoms with E-state index in [9.17, 15) is 4.79 Å². The van der Waals surface area contributed by atoms with E-state index in [1.165, 1.54) is 11.3 Å². The van der Waals surface area contributed by atoms with Crippen LogP contribution in [0, 0.1) is 6.92 Å². The smallest absolute Gasteiger partial charge is 0.307 e. The molecule has 1 atom stereocenters. The van der Waals surface area contributed by atoms with Crippen molar-refractivity contribution in [1.29, 1.82) is 0 Å². The molecule has 1 heterocycles. The van der Waals surface area contributed by atoms with Crippen LogP contribution in [0.3, 0.4) is 0 Å². The number of aromatic nitrogens is 1. The summed E-state index contributed by atoms with van der Waals surface area (Å²) in [5, 5.41) is 10.8. The molecule has 0 fully saturated rings. The maximum atomic E-state index is 11.0. The maximum absolute atomic E-state index is 11.0. The van der Waals surface area contributed by atoms with Crippen molar-refractivity contribution in [2.75, 3.05) is 0 Å². The molecule has 1 unspecified atom stereocenters. The molecule has 1 aromatic rings. The van der Waals surface area contributed by atoms with Gasteiger partial charge in [-0.3, -0.25) is 4.79 Å². The summed E-state index contributed by atoms with van der Waals surface area (Å²) < 4.78 is 1.58. The fourth-order valence-electron chi connectivity index (χ4n) is 0.890. The predicted molar refractivity (Wildman–Crippen MR) is 45.0 cm³/mol. The van der Waals surface area contributed by atoms with E-state index < -0.39 is 6.10 Å². The van der Waals surface area contributed by atoms with Crippen LogP contribution in [0.25, 0.3) is 0 Å². The molecule has 0 bridgehead atoms. The fourth-order valence-corrected chi connectivity index (χ4v) is 1.63. The van der Waals surface area contributed by atoms with Crippen LogP contribution in [-0.2, 0) is 6.54 Å². The molecule has 1 aromatic heterocycles. The minimum absolute atomic E-state index is 0.00315. The Morgan fingerprint density at radius 2 is 2.45 bits per heavy atom. The van der Waals surface area contributed by atoms with Crippen LogP contribution >= 0.6 is 11.3 Å². The van der Waals surface area contributed by atoms with Crippen molar-refractivity contribution in [2.45, 2.75) is 26.5 Å². The minimum atomic E-state index is -0.457. The Labute approximate surface area is 68.9 Å². The molecule has 0 aliphatic rings. The first-order chi connectivity index (χ1) is 5.11. The Morgan fingerprint density at radius 1 is 1.82 bits per heavy atom. The molecule has 0 saturated heterocycles. The number of hydrogen-bond acceptors (Lipinski definition) is 3. The Hall–Kier alpha value is -0.610. The number of aliphatic hydroxyl groups is 1. The van der Waals surface area contributed by atoms with Crippen molar-refractivity contribution in [3.63, 3.8) is 0 Å². The standard InChI is InChI=1S/C7H11NO2S/c1-5-4-11-7(10)8(5)3-6(2)9/h4,6,9H,3H2,1-2H3. The highest BCUT2D eigenvalue weighted by atomic mass is 32.1. The molecule has 11 heavy (non-hydrogen) atoms. The summed E-state index contributed by atoms with van der Waals surface area (Å²) in [7, 11) is 0. The van der Waals surface area contributed by atoms with E-state index in [-0.39, 0.29) is 4.87 Å². The van der Waals surface area contributed by atoms with E-state index in [2.05, 4.69) is 0 Å². The zero-order valence-corrected chi connectivity index (χ0v) is 7.39. The first kappa shape index (κ1) is 8.49. The van der Waals surface area contributed by atoms with Gasteiger partial charge in [0.15, 0.2) is 0 Å². The monoisotopic (exact) mass is 173 g/mol. The highest BCUT2D eigenvalue weighted by Gasteiger charge is 2.04. The lowest BCUT2D eigenvalue weighted by Gasteiger charge is -2.05. The van der Waals surface area contributed by atoms with E-state index >= 15 is 0 Å². The molecular formula is C7H11NO2S. The van der Waals surface area contributed by atoms with E-state index in [0.717, 1.165) is 5.69 Å². The zero-order valence-electron chi connectivity index (χ0n) is 6.57. The fraction of sp³-hybridized carbons (Fsp3) is 0.571. The summed E-state index contributed by atoms with van der Waals surface area (Å²) in [6.07, 6.45) is -0.457. The van der Waals surface area contributed by atoms with Crippen molar-refractivity contribution in [3.05, 3.63) is 20.7 Å². The molecule has 4 heteroatoms. The second-order valence-corrected chi connectivity index (χ2v) is 3.42. The lowest BCUT2D eigenvalue weighted by atomic mass is 10.4. The maximum Gasteiger partial charge on any atom is 0.307 e. The third kappa shape index (κ3) is 1.91. The lowest BCUT2D eigenvalue weighted by Crippen LogP contribution is -2.21. The van der Waals surface area contributed by atoms with Crippen LogP contribution in [0.2, 0.25) is 0 Å². The van der Waals surface area contributed by atoms with Crippen LogP contribution in [0.5, 0.6) is 0 Å².